The largest absolute Gasteiger partial charge is 0.349 e. The molecule has 33 heavy (non-hydrogen) atoms. The van der Waals surface area contributed by atoms with Crippen molar-refractivity contribution in [3.8, 4) is 0 Å². The fourth-order valence-corrected chi connectivity index (χ4v) is 4.02. The van der Waals surface area contributed by atoms with Gasteiger partial charge in [0.2, 0.25) is 5.91 Å². The van der Waals surface area contributed by atoms with E-state index in [9.17, 15) is 14.4 Å². The van der Waals surface area contributed by atoms with E-state index in [1.165, 1.54) is 0 Å². The van der Waals surface area contributed by atoms with Crippen molar-refractivity contribution in [3.05, 3.63) is 102 Å². The van der Waals surface area contributed by atoms with Crippen LogP contribution in [-0.4, -0.2) is 48.2 Å². The molecule has 0 saturated carbocycles. The molecule has 2 N–H and O–H groups in total. The Labute approximate surface area is 193 Å². The maximum atomic E-state index is 12.9. The quantitative estimate of drug-likeness (QED) is 0.548. The highest BCUT2D eigenvalue weighted by atomic mass is 16.2. The minimum atomic E-state index is -0.157. The summed E-state index contributed by atoms with van der Waals surface area (Å²) < 4.78 is 0. The van der Waals surface area contributed by atoms with E-state index in [2.05, 4.69) is 15.5 Å². The molecule has 6 nitrogen and oxygen atoms in total. The van der Waals surface area contributed by atoms with Crippen molar-refractivity contribution < 1.29 is 14.4 Å². The summed E-state index contributed by atoms with van der Waals surface area (Å²) in [5.41, 5.74) is 2.22. The van der Waals surface area contributed by atoms with Crippen LogP contribution in [0.3, 0.4) is 0 Å². The Bertz CT molecular complexity index is 1110. The number of carbonyl (C=O) groups excluding carboxylic acids is 3. The molecule has 0 radical (unpaired) electrons. The number of hydrogen-bond donors (Lipinski definition) is 2. The van der Waals surface area contributed by atoms with Gasteiger partial charge < -0.3 is 10.6 Å². The Morgan fingerprint density at radius 1 is 0.758 bits per heavy atom. The molecule has 2 amide bonds. The number of rotatable bonds is 7. The number of para-hydroxylation sites is 1. The third-order valence-corrected chi connectivity index (χ3v) is 5.81. The first kappa shape index (κ1) is 22.4. The molecular weight excluding hydrogens is 414 g/mol. The summed E-state index contributed by atoms with van der Waals surface area (Å²) in [5, 5.41) is 5.98. The average Bonchev–Trinajstić information content (AvgIpc) is 2.86. The molecule has 3 aromatic rings. The molecule has 0 spiro atoms. The van der Waals surface area contributed by atoms with Gasteiger partial charge in [0.1, 0.15) is 0 Å². The van der Waals surface area contributed by atoms with Crippen molar-refractivity contribution in [2.24, 2.45) is 0 Å². The Kier molecular flexibility index (Phi) is 7.27. The van der Waals surface area contributed by atoms with Crippen LogP contribution in [0.5, 0.6) is 0 Å². The molecule has 1 fully saturated rings. The predicted molar refractivity (Wildman–Crippen MR) is 128 cm³/mol. The lowest BCUT2D eigenvalue weighted by molar-refractivity contribution is -0.117. The van der Waals surface area contributed by atoms with Crippen molar-refractivity contribution >= 4 is 23.3 Å². The smallest absolute Gasteiger partial charge is 0.251 e. The number of piperidine rings is 1. The fraction of sp³-hybridized carbons (Fsp3) is 0.222. The standard InChI is InChI=1S/C27H27N3O3/c31-25(29-24-14-8-7-13-23(24)26(32)20-9-3-1-4-10-20)19-30-17-15-22(16-18-30)28-27(33)21-11-5-2-6-12-21/h1-14,22H,15-19H2,(H,28,33)(H,29,31). The second kappa shape index (κ2) is 10.7. The average molecular weight is 442 g/mol. The number of benzene rings is 3. The lowest BCUT2D eigenvalue weighted by Gasteiger charge is -2.31. The van der Waals surface area contributed by atoms with Crippen LogP contribution in [0.4, 0.5) is 5.69 Å². The molecule has 0 atom stereocenters. The zero-order valence-corrected chi connectivity index (χ0v) is 18.4. The Hall–Kier alpha value is -3.77. The summed E-state index contributed by atoms with van der Waals surface area (Å²) >= 11 is 0. The monoisotopic (exact) mass is 441 g/mol. The third-order valence-electron chi connectivity index (χ3n) is 5.81. The highest BCUT2D eigenvalue weighted by molar-refractivity contribution is 6.13. The molecule has 3 aromatic carbocycles. The lowest BCUT2D eigenvalue weighted by atomic mass is 10.0. The Morgan fingerprint density at radius 3 is 2.00 bits per heavy atom. The minimum absolute atomic E-state index is 0.0634. The van der Waals surface area contributed by atoms with E-state index in [1.807, 2.05) is 36.4 Å². The highest BCUT2D eigenvalue weighted by Gasteiger charge is 2.23. The molecule has 168 valence electrons. The number of carbonyl (C=O) groups is 3. The molecular formula is C27H27N3O3. The SMILES string of the molecule is O=C(CN1CCC(NC(=O)c2ccccc2)CC1)Nc1ccccc1C(=O)c1ccccc1. The van der Waals surface area contributed by atoms with Crippen LogP contribution in [0.15, 0.2) is 84.9 Å². The Balaban J connectivity index is 1.29. The van der Waals surface area contributed by atoms with E-state index in [-0.39, 0.29) is 30.2 Å². The highest BCUT2D eigenvalue weighted by Crippen LogP contribution is 2.20. The zero-order valence-electron chi connectivity index (χ0n) is 18.4. The molecule has 0 bridgehead atoms. The van der Waals surface area contributed by atoms with Crippen LogP contribution >= 0.6 is 0 Å². The molecule has 0 aliphatic carbocycles. The number of ketones is 1. The summed E-state index contributed by atoms with van der Waals surface area (Å²) in [7, 11) is 0. The fourth-order valence-electron chi connectivity index (χ4n) is 4.02. The lowest BCUT2D eigenvalue weighted by Crippen LogP contribution is -2.46. The topological polar surface area (TPSA) is 78.5 Å². The van der Waals surface area contributed by atoms with Crippen molar-refractivity contribution in [1.82, 2.24) is 10.2 Å². The van der Waals surface area contributed by atoms with Crippen LogP contribution in [0, 0.1) is 0 Å². The maximum Gasteiger partial charge on any atom is 0.251 e. The first-order valence-corrected chi connectivity index (χ1v) is 11.2. The maximum absolute atomic E-state index is 12.9. The second-order valence-electron chi connectivity index (χ2n) is 8.18. The summed E-state index contributed by atoms with van der Waals surface area (Å²) in [6.45, 7) is 1.68. The van der Waals surface area contributed by atoms with Crippen molar-refractivity contribution in [3.63, 3.8) is 0 Å². The van der Waals surface area contributed by atoms with Gasteiger partial charge in [0, 0.05) is 35.8 Å². The van der Waals surface area contributed by atoms with Crippen LogP contribution in [0.25, 0.3) is 0 Å². The van der Waals surface area contributed by atoms with Gasteiger partial charge in [-0.15, -0.1) is 0 Å². The first-order valence-electron chi connectivity index (χ1n) is 11.2. The number of hydrogen-bond acceptors (Lipinski definition) is 4. The van der Waals surface area contributed by atoms with E-state index in [0.29, 0.717) is 22.4 Å². The molecule has 4 rings (SSSR count). The van der Waals surface area contributed by atoms with E-state index in [1.54, 1.807) is 48.5 Å². The number of nitrogens with zero attached hydrogens (tertiary/aromatic N) is 1. The normalized spacial score (nSPS) is 14.4. The van der Waals surface area contributed by atoms with Crippen LogP contribution in [0.1, 0.15) is 39.1 Å². The van der Waals surface area contributed by atoms with Gasteiger partial charge in [-0.1, -0.05) is 60.7 Å². The molecule has 0 unspecified atom stereocenters. The molecule has 1 aliphatic heterocycles. The van der Waals surface area contributed by atoms with Crippen molar-refractivity contribution in [2.75, 3.05) is 25.0 Å². The first-order chi connectivity index (χ1) is 16.1. The molecule has 0 aromatic heterocycles. The van der Waals surface area contributed by atoms with Gasteiger partial charge >= 0.3 is 0 Å². The third kappa shape index (κ3) is 5.93. The zero-order chi connectivity index (χ0) is 23.0. The summed E-state index contributed by atoms with van der Waals surface area (Å²) in [6, 6.07) is 25.4. The van der Waals surface area contributed by atoms with Crippen LogP contribution < -0.4 is 10.6 Å². The van der Waals surface area contributed by atoms with Gasteiger partial charge in [-0.25, -0.2) is 0 Å². The predicted octanol–water partition coefficient (Wildman–Crippen LogP) is 3.75. The molecule has 1 saturated heterocycles. The van der Waals surface area contributed by atoms with E-state index < -0.39 is 0 Å². The summed E-state index contributed by atoms with van der Waals surface area (Å²) in [6.07, 6.45) is 1.57. The van der Waals surface area contributed by atoms with Gasteiger partial charge in [0.15, 0.2) is 5.78 Å². The summed E-state index contributed by atoms with van der Waals surface area (Å²) in [4.78, 5) is 40.0. The number of nitrogens with one attached hydrogen (secondary N) is 2. The second-order valence-corrected chi connectivity index (χ2v) is 8.18. The van der Waals surface area contributed by atoms with Crippen LogP contribution in [0.2, 0.25) is 0 Å². The van der Waals surface area contributed by atoms with Gasteiger partial charge in [-0.05, 0) is 37.1 Å². The number of likely N-dealkylation sites (tertiary alicyclic amines) is 1. The van der Waals surface area contributed by atoms with E-state index in [4.69, 9.17) is 0 Å². The number of anilines is 1. The summed E-state index contributed by atoms with van der Waals surface area (Å²) in [5.74, 6) is -0.344. The molecule has 1 heterocycles. The van der Waals surface area contributed by atoms with Gasteiger partial charge in [0.05, 0.1) is 12.2 Å². The van der Waals surface area contributed by atoms with Crippen LogP contribution in [-0.2, 0) is 4.79 Å². The minimum Gasteiger partial charge on any atom is -0.349 e. The number of amides is 2. The van der Waals surface area contributed by atoms with Crippen molar-refractivity contribution in [2.45, 2.75) is 18.9 Å². The van der Waals surface area contributed by atoms with Gasteiger partial charge in [-0.2, -0.15) is 0 Å². The Morgan fingerprint density at radius 2 is 1.33 bits per heavy atom. The van der Waals surface area contributed by atoms with E-state index >= 15 is 0 Å². The van der Waals surface area contributed by atoms with Gasteiger partial charge in [0.25, 0.3) is 5.91 Å². The molecule has 1 aliphatic rings. The van der Waals surface area contributed by atoms with Gasteiger partial charge in [-0.3, -0.25) is 19.3 Å². The van der Waals surface area contributed by atoms with Crippen molar-refractivity contribution in [1.29, 1.82) is 0 Å². The molecule has 6 heteroatoms. The van der Waals surface area contributed by atoms with E-state index in [0.717, 1.165) is 25.9 Å².